The minimum absolute atomic E-state index is 0.0682. The van der Waals surface area contributed by atoms with Crippen LogP contribution in [-0.2, 0) is 11.3 Å². The van der Waals surface area contributed by atoms with Crippen LogP contribution in [0.15, 0.2) is 41.9 Å². The lowest BCUT2D eigenvalue weighted by Gasteiger charge is -2.21. The Hall–Kier alpha value is -2.50. The molecule has 0 spiro atoms. The van der Waals surface area contributed by atoms with E-state index < -0.39 is 0 Å². The van der Waals surface area contributed by atoms with E-state index in [0.29, 0.717) is 6.54 Å². The number of hydrogen-bond acceptors (Lipinski definition) is 3. The molecule has 1 aromatic rings. The highest BCUT2D eigenvalue weighted by Crippen LogP contribution is 2.10. The molecule has 26 heavy (non-hydrogen) atoms. The van der Waals surface area contributed by atoms with Crippen molar-refractivity contribution in [3.63, 3.8) is 0 Å². The van der Waals surface area contributed by atoms with Crippen molar-refractivity contribution in [1.29, 1.82) is 0 Å². The third-order valence-electron chi connectivity index (χ3n) is 4.03. The molecule has 0 radical (unpaired) electrons. The highest BCUT2D eigenvalue weighted by atomic mass is 16.5. The van der Waals surface area contributed by atoms with Gasteiger partial charge in [-0.1, -0.05) is 24.6 Å². The predicted molar refractivity (Wildman–Crippen MR) is 107 cm³/mol. The second kappa shape index (κ2) is 12.8. The fraction of sp³-hybridized carbons (Fsp3) is 0.500. The number of allylic oxidation sites excluding steroid dienone is 1. The number of hydrogen-bond donors (Lipinski definition) is 2. The first-order valence-electron chi connectivity index (χ1n) is 9.03. The van der Waals surface area contributed by atoms with Gasteiger partial charge >= 0.3 is 0 Å². The van der Waals surface area contributed by atoms with E-state index in [2.05, 4.69) is 22.2 Å². The minimum Gasteiger partial charge on any atom is -0.497 e. The van der Waals surface area contributed by atoms with Crippen molar-refractivity contribution < 1.29 is 9.53 Å². The molecule has 0 aliphatic rings. The van der Waals surface area contributed by atoms with Crippen molar-refractivity contribution >= 4 is 11.9 Å². The van der Waals surface area contributed by atoms with Crippen molar-refractivity contribution in [2.45, 2.75) is 32.2 Å². The molecule has 0 aliphatic carbocycles. The molecule has 0 bridgehead atoms. The fourth-order valence-electron chi connectivity index (χ4n) is 2.47. The smallest absolute Gasteiger partial charge is 0.239 e. The third kappa shape index (κ3) is 8.55. The van der Waals surface area contributed by atoms with Gasteiger partial charge in [0.2, 0.25) is 5.91 Å². The molecular weight excluding hydrogens is 328 g/mol. The number of rotatable bonds is 11. The van der Waals surface area contributed by atoms with Crippen molar-refractivity contribution in [2.75, 3.05) is 34.3 Å². The van der Waals surface area contributed by atoms with Crippen LogP contribution < -0.4 is 15.4 Å². The molecule has 6 heteroatoms. The van der Waals surface area contributed by atoms with Crippen LogP contribution in [0.4, 0.5) is 0 Å². The summed E-state index contributed by atoms with van der Waals surface area (Å²) in [7, 11) is 5.34. The second-order valence-electron chi connectivity index (χ2n) is 6.09. The molecule has 0 aliphatic heterocycles. The van der Waals surface area contributed by atoms with Gasteiger partial charge in [0.1, 0.15) is 5.75 Å². The van der Waals surface area contributed by atoms with E-state index in [4.69, 9.17) is 4.74 Å². The molecule has 0 fully saturated rings. The predicted octanol–water partition coefficient (Wildman–Crippen LogP) is 2.57. The maximum absolute atomic E-state index is 12.0. The molecule has 144 valence electrons. The summed E-state index contributed by atoms with van der Waals surface area (Å²) in [5.74, 6) is 1.47. The zero-order valence-corrected chi connectivity index (χ0v) is 16.3. The van der Waals surface area contributed by atoms with Crippen LogP contribution in [-0.4, -0.2) is 51.1 Å². The monoisotopic (exact) mass is 360 g/mol. The third-order valence-corrected chi connectivity index (χ3v) is 4.03. The standard InChI is InChI=1S/C20H32N4O2/c1-5-6-7-8-9-14-24(3)20(21-2)23-16-19(25)22-15-17-10-12-18(26-4)13-11-17/h5,10-13H,1,6-9,14-16H2,2-4H3,(H,21,23)(H,22,25). The lowest BCUT2D eigenvalue weighted by molar-refractivity contribution is -0.120. The summed E-state index contributed by atoms with van der Waals surface area (Å²) in [4.78, 5) is 18.3. The summed E-state index contributed by atoms with van der Waals surface area (Å²) in [5, 5.41) is 6.00. The van der Waals surface area contributed by atoms with Gasteiger partial charge in [0.05, 0.1) is 13.7 Å². The number of methoxy groups -OCH3 is 1. The van der Waals surface area contributed by atoms with Gasteiger partial charge in [0, 0.05) is 27.2 Å². The van der Waals surface area contributed by atoms with Gasteiger partial charge < -0.3 is 20.3 Å². The number of nitrogens with one attached hydrogen (secondary N) is 2. The van der Waals surface area contributed by atoms with E-state index in [1.807, 2.05) is 42.3 Å². The van der Waals surface area contributed by atoms with Crippen LogP contribution in [0.3, 0.4) is 0 Å². The largest absolute Gasteiger partial charge is 0.497 e. The Morgan fingerprint density at radius 1 is 1.23 bits per heavy atom. The van der Waals surface area contributed by atoms with Crippen molar-refractivity contribution in [1.82, 2.24) is 15.5 Å². The zero-order chi connectivity index (χ0) is 19.2. The van der Waals surface area contributed by atoms with Gasteiger partial charge in [0.25, 0.3) is 0 Å². The summed E-state index contributed by atoms with van der Waals surface area (Å²) < 4.78 is 5.12. The number of aliphatic imine (C=N–C) groups is 1. The van der Waals surface area contributed by atoms with Crippen LogP contribution in [0.2, 0.25) is 0 Å². The van der Waals surface area contributed by atoms with Gasteiger partial charge in [-0.3, -0.25) is 9.79 Å². The highest BCUT2D eigenvalue weighted by Gasteiger charge is 2.08. The lowest BCUT2D eigenvalue weighted by Crippen LogP contribution is -2.44. The van der Waals surface area contributed by atoms with Crippen LogP contribution in [0, 0.1) is 0 Å². The maximum atomic E-state index is 12.0. The van der Waals surface area contributed by atoms with Gasteiger partial charge in [0.15, 0.2) is 5.96 Å². The molecule has 0 heterocycles. The minimum atomic E-state index is -0.0682. The fourth-order valence-corrected chi connectivity index (χ4v) is 2.47. The molecule has 0 atom stereocenters. The number of guanidine groups is 1. The van der Waals surface area contributed by atoms with E-state index in [9.17, 15) is 4.79 Å². The zero-order valence-electron chi connectivity index (χ0n) is 16.3. The van der Waals surface area contributed by atoms with Gasteiger partial charge in [-0.05, 0) is 37.0 Å². The molecule has 0 saturated carbocycles. The molecule has 1 amide bonds. The number of amides is 1. The summed E-state index contributed by atoms with van der Waals surface area (Å²) >= 11 is 0. The van der Waals surface area contributed by atoms with E-state index in [1.165, 1.54) is 0 Å². The Labute approximate surface area is 157 Å². The maximum Gasteiger partial charge on any atom is 0.239 e. The van der Waals surface area contributed by atoms with E-state index in [0.717, 1.165) is 49.5 Å². The summed E-state index contributed by atoms with van der Waals surface area (Å²) in [6.45, 7) is 5.33. The second-order valence-corrected chi connectivity index (χ2v) is 6.09. The first kappa shape index (κ1) is 21.5. The Kier molecular flexibility index (Phi) is 10.6. The summed E-state index contributed by atoms with van der Waals surface area (Å²) in [6, 6.07) is 7.63. The van der Waals surface area contributed by atoms with Gasteiger partial charge in [-0.25, -0.2) is 0 Å². The lowest BCUT2D eigenvalue weighted by atomic mass is 10.2. The van der Waals surface area contributed by atoms with Crippen LogP contribution in [0.1, 0.15) is 31.2 Å². The number of ether oxygens (including phenoxy) is 1. The Morgan fingerprint density at radius 2 is 1.96 bits per heavy atom. The average molecular weight is 361 g/mol. The van der Waals surface area contributed by atoms with E-state index in [1.54, 1.807) is 14.2 Å². The number of benzene rings is 1. The van der Waals surface area contributed by atoms with E-state index >= 15 is 0 Å². The molecular formula is C20H32N4O2. The first-order chi connectivity index (χ1) is 12.6. The van der Waals surface area contributed by atoms with Crippen molar-refractivity contribution in [3.8, 4) is 5.75 Å². The number of carbonyl (C=O) groups is 1. The average Bonchev–Trinajstić information content (AvgIpc) is 2.67. The summed E-state index contributed by atoms with van der Waals surface area (Å²) in [5.41, 5.74) is 1.03. The molecule has 6 nitrogen and oxygen atoms in total. The molecule has 0 unspecified atom stereocenters. The SMILES string of the molecule is C=CCCCCCN(C)C(=NC)NCC(=O)NCc1ccc(OC)cc1. The van der Waals surface area contributed by atoms with Gasteiger partial charge in [-0.15, -0.1) is 6.58 Å². The molecule has 1 rings (SSSR count). The van der Waals surface area contributed by atoms with Crippen molar-refractivity contribution in [2.24, 2.45) is 4.99 Å². The molecule has 0 saturated heterocycles. The van der Waals surface area contributed by atoms with Crippen LogP contribution >= 0.6 is 0 Å². The quantitative estimate of drug-likeness (QED) is 0.275. The normalized spacial score (nSPS) is 11.0. The number of unbranched alkanes of at least 4 members (excludes halogenated alkanes) is 3. The number of nitrogens with zero attached hydrogens (tertiary/aromatic N) is 2. The summed E-state index contributed by atoms with van der Waals surface area (Å²) in [6.07, 6.45) is 6.43. The Morgan fingerprint density at radius 3 is 2.58 bits per heavy atom. The topological polar surface area (TPSA) is 66.0 Å². The van der Waals surface area contributed by atoms with Crippen LogP contribution in [0.5, 0.6) is 5.75 Å². The van der Waals surface area contributed by atoms with Crippen molar-refractivity contribution in [3.05, 3.63) is 42.5 Å². The highest BCUT2D eigenvalue weighted by molar-refractivity contribution is 5.86. The Bertz CT molecular complexity index is 570. The first-order valence-corrected chi connectivity index (χ1v) is 9.03. The molecule has 0 aromatic heterocycles. The molecule has 2 N–H and O–H groups in total. The molecule has 1 aromatic carbocycles. The van der Waals surface area contributed by atoms with Crippen LogP contribution in [0.25, 0.3) is 0 Å². The van der Waals surface area contributed by atoms with E-state index in [-0.39, 0.29) is 12.5 Å². The van der Waals surface area contributed by atoms with Gasteiger partial charge in [-0.2, -0.15) is 0 Å². The number of carbonyl (C=O) groups excluding carboxylic acids is 1. The Balaban J connectivity index is 2.28.